The molecule has 0 aliphatic carbocycles. The van der Waals surface area contributed by atoms with Crippen LogP contribution in [0.4, 0.5) is 20.3 Å². The molecule has 0 radical (unpaired) electrons. The van der Waals surface area contributed by atoms with Crippen molar-refractivity contribution in [2.45, 2.75) is 11.3 Å². The summed E-state index contributed by atoms with van der Waals surface area (Å²) in [7, 11) is -0.613. The second-order valence-electron chi connectivity index (χ2n) is 7.02. The van der Waals surface area contributed by atoms with Gasteiger partial charge in [-0.05, 0) is 38.6 Å². The molecule has 1 aliphatic heterocycles. The van der Waals surface area contributed by atoms with Crippen molar-refractivity contribution in [3.8, 4) is 0 Å². The maximum Gasteiger partial charge on any atom is 0.268 e. The molecule has 1 saturated heterocycles. The summed E-state index contributed by atoms with van der Waals surface area (Å²) in [6.07, 6.45) is 2.22. The van der Waals surface area contributed by atoms with Crippen LogP contribution in [0.15, 0.2) is 35.4 Å². The number of sulfonamides is 1. The number of halogens is 3. The van der Waals surface area contributed by atoms with Gasteiger partial charge in [0.2, 0.25) is 0 Å². The highest BCUT2D eigenvalue weighted by Gasteiger charge is 2.32. The topological polar surface area (TPSA) is 65.5 Å². The van der Waals surface area contributed by atoms with Crippen LogP contribution in [0.2, 0.25) is 5.02 Å². The van der Waals surface area contributed by atoms with E-state index >= 15 is 0 Å². The molecule has 1 N–H and O–H groups in total. The highest BCUT2D eigenvalue weighted by Crippen LogP contribution is 2.37. The van der Waals surface area contributed by atoms with Gasteiger partial charge in [-0.2, -0.15) is 0 Å². The van der Waals surface area contributed by atoms with Gasteiger partial charge in [0.05, 0.1) is 5.69 Å². The van der Waals surface area contributed by atoms with Crippen LogP contribution in [0, 0.1) is 17.6 Å². The van der Waals surface area contributed by atoms with Gasteiger partial charge in [-0.25, -0.2) is 22.2 Å². The number of benzene rings is 1. The molecule has 2 heterocycles. The fourth-order valence-corrected chi connectivity index (χ4v) is 4.85. The van der Waals surface area contributed by atoms with E-state index in [-0.39, 0.29) is 11.5 Å². The largest absolute Gasteiger partial charge is 0.370 e. The number of hydrogen-bond donors (Lipinski definition) is 1. The van der Waals surface area contributed by atoms with Gasteiger partial charge in [0.25, 0.3) is 10.0 Å². The first-order valence-electron chi connectivity index (χ1n) is 8.70. The van der Waals surface area contributed by atoms with Gasteiger partial charge in [0.1, 0.15) is 16.7 Å². The minimum atomic E-state index is -4.54. The number of aromatic nitrogens is 1. The molecule has 1 atom stereocenters. The van der Waals surface area contributed by atoms with E-state index in [1.807, 2.05) is 14.1 Å². The molecular weight excluding hydrogens is 410 g/mol. The Kier molecular flexibility index (Phi) is 6.07. The van der Waals surface area contributed by atoms with Crippen molar-refractivity contribution in [1.82, 2.24) is 9.88 Å². The van der Waals surface area contributed by atoms with Crippen LogP contribution in [0.1, 0.15) is 6.42 Å². The Morgan fingerprint density at radius 3 is 2.75 bits per heavy atom. The number of nitrogens with one attached hydrogen (secondary N) is 1. The zero-order valence-corrected chi connectivity index (χ0v) is 17.1. The van der Waals surface area contributed by atoms with Gasteiger partial charge in [-0.1, -0.05) is 17.7 Å². The van der Waals surface area contributed by atoms with Crippen LogP contribution in [0.3, 0.4) is 0 Å². The average Bonchev–Trinajstić information content (AvgIpc) is 3.06. The third kappa shape index (κ3) is 4.37. The SMILES string of the molecule is CN(C)CC1CCN(c2cc(F)c(S(=O)(=O)Nc3ccccn3)c(F)c2Cl)C1. The minimum Gasteiger partial charge on any atom is -0.370 e. The van der Waals surface area contributed by atoms with E-state index in [1.165, 1.54) is 12.3 Å². The molecule has 1 aromatic carbocycles. The Labute approximate surface area is 168 Å². The van der Waals surface area contributed by atoms with Gasteiger partial charge in [-0.3, -0.25) is 4.72 Å². The van der Waals surface area contributed by atoms with Crippen molar-refractivity contribution in [2.75, 3.05) is 43.4 Å². The van der Waals surface area contributed by atoms with Gasteiger partial charge in [0, 0.05) is 31.9 Å². The molecule has 6 nitrogen and oxygen atoms in total. The molecule has 1 aliphatic rings. The van der Waals surface area contributed by atoms with E-state index in [0.29, 0.717) is 19.0 Å². The van der Waals surface area contributed by atoms with Crippen LogP contribution in [-0.4, -0.2) is 52.0 Å². The zero-order valence-electron chi connectivity index (χ0n) is 15.5. The summed E-state index contributed by atoms with van der Waals surface area (Å²) < 4.78 is 56.6. The lowest BCUT2D eigenvalue weighted by Gasteiger charge is -2.22. The zero-order chi connectivity index (χ0) is 20.5. The Morgan fingerprint density at radius 1 is 1.36 bits per heavy atom. The summed E-state index contributed by atoms with van der Waals surface area (Å²) in [5, 5.41) is -0.409. The molecule has 0 saturated carbocycles. The van der Waals surface area contributed by atoms with Crippen LogP contribution in [-0.2, 0) is 10.0 Å². The minimum absolute atomic E-state index is 0.0485. The van der Waals surface area contributed by atoms with Crippen molar-refractivity contribution in [3.63, 3.8) is 0 Å². The highest BCUT2D eigenvalue weighted by atomic mass is 35.5. The van der Waals surface area contributed by atoms with Crippen molar-refractivity contribution in [1.29, 1.82) is 0 Å². The smallest absolute Gasteiger partial charge is 0.268 e. The fraction of sp³-hybridized carbons (Fsp3) is 0.389. The first-order valence-corrected chi connectivity index (χ1v) is 10.6. The first-order chi connectivity index (χ1) is 13.2. The molecule has 2 aromatic rings. The summed E-state index contributed by atoms with van der Waals surface area (Å²) in [4.78, 5) is 6.52. The van der Waals surface area contributed by atoms with E-state index in [4.69, 9.17) is 11.6 Å². The van der Waals surface area contributed by atoms with E-state index < -0.39 is 31.6 Å². The van der Waals surface area contributed by atoms with Crippen molar-refractivity contribution in [2.24, 2.45) is 5.92 Å². The van der Waals surface area contributed by atoms with E-state index in [1.54, 1.807) is 17.0 Å². The Bertz CT molecular complexity index is 958. The van der Waals surface area contributed by atoms with Crippen molar-refractivity contribution in [3.05, 3.63) is 47.1 Å². The molecule has 0 bridgehead atoms. The molecule has 1 aromatic heterocycles. The van der Waals surface area contributed by atoms with E-state index in [9.17, 15) is 17.2 Å². The molecule has 1 unspecified atom stereocenters. The second-order valence-corrected chi connectivity index (χ2v) is 9.02. The maximum atomic E-state index is 14.8. The second kappa shape index (κ2) is 8.18. The molecule has 152 valence electrons. The summed E-state index contributed by atoms with van der Waals surface area (Å²) in [6.45, 7) is 2.03. The number of anilines is 2. The van der Waals surface area contributed by atoms with Crippen molar-refractivity contribution >= 4 is 33.1 Å². The van der Waals surface area contributed by atoms with Gasteiger partial charge >= 0.3 is 0 Å². The monoisotopic (exact) mass is 430 g/mol. The molecule has 0 spiro atoms. The number of rotatable bonds is 6. The van der Waals surface area contributed by atoms with Gasteiger partial charge < -0.3 is 9.80 Å². The lowest BCUT2D eigenvalue weighted by molar-refractivity contribution is 0.340. The predicted molar refractivity (Wildman–Crippen MR) is 105 cm³/mol. The summed E-state index contributed by atoms with van der Waals surface area (Å²) in [5.41, 5.74) is 0.162. The first kappa shape index (κ1) is 20.8. The fourth-order valence-electron chi connectivity index (χ4n) is 3.37. The molecule has 3 rings (SSSR count). The predicted octanol–water partition coefficient (Wildman–Crippen LogP) is 3.20. The van der Waals surface area contributed by atoms with Crippen LogP contribution < -0.4 is 9.62 Å². The van der Waals surface area contributed by atoms with Gasteiger partial charge in [0.15, 0.2) is 10.7 Å². The van der Waals surface area contributed by atoms with E-state index in [2.05, 4.69) is 14.6 Å². The van der Waals surface area contributed by atoms with Crippen molar-refractivity contribution < 1.29 is 17.2 Å². The van der Waals surface area contributed by atoms with Crippen LogP contribution in [0.25, 0.3) is 0 Å². The molecule has 0 amide bonds. The van der Waals surface area contributed by atoms with Crippen LogP contribution in [0.5, 0.6) is 0 Å². The molecule has 10 heteroatoms. The van der Waals surface area contributed by atoms with E-state index in [0.717, 1.165) is 19.0 Å². The van der Waals surface area contributed by atoms with Gasteiger partial charge in [-0.15, -0.1) is 0 Å². The third-order valence-electron chi connectivity index (χ3n) is 4.52. The lowest BCUT2D eigenvalue weighted by atomic mass is 10.1. The quantitative estimate of drug-likeness (QED) is 0.713. The number of nitrogens with zero attached hydrogens (tertiary/aromatic N) is 3. The summed E-state index contributed by atoms with van der Waals surface area (Å²) in [6, 6.07) is 5.49. The Hall–Kier alpha value is -1.97. The highest BCUT2D eigenvalue weighted by molar-refractivity contribution is 7.92. The summed E-state index contributed by atoms with van der Waals surface area (Å²) in [5.74, 6) is -2.22. The number of hydrogen-bond acceptors (Lipinski definition) is 5. The normalized spacial score (nSPS) is 17.4. The lowest BCUT2D eigenvalue weighted by Crippen LogP contribution is -2.26. The van der Waals surface area contributed by atoms with Crippen LogP contribution >= 0.6 is 11.6 Å². The maximum absolute atomic E-state index is 14.8. The standard InChI is InChI=1S/C18H21ClF2N4O2S/c1-24(2)10-12-6-8-25(11-12)14-9-13(20)18(17(21)16(14)19)28(26,27)23-15-5-3-4-7-22-15/h3-5,7,9,12H,6,8,10-11H2,1-2H3,(H,22,23). The Balaban J connectivity index is 1.91. The number of pyridine rings is 1. The molecule has 1 fully saturated rings. The third-order valence-corrected chi connectivity index (χ3v) is 6.27. The molecule has 28 heavy (non-hydrogen) atoms. The average molecular weight is 431 g/mol. The Morgan fingerprint density at radius 2 is 2.11 bits per heavy atom. The molecular formula is C18H21ClF2N4O2S. The summed E-state index contributed by atoms with van der Waals surface area (Å²) >= 11 is 6.11.